The van der Waals surface area contributed by atoms with E-state index in [1.54, 1.807) is 0 Å². The van der Waals surface area contributed by atoms with E-state index in [9.17, 15) is 30.0 Å². The van der Waals surface area contributed by atoms with Crippen LogP contribution in [0.4, 0.5) is 0 Å². The normalized spacial score (nSPS) is 23.2. The van der Waals surface area contributed by atoms with Crippen LogP contribution in [-0.2, 0) is 28.5 Å². The minimum Gasteiger partial charge on any atom is -0.462 e. The average molecular weight is 615 g/mol. The zero-order chi connectivity index (χ0) is 31.7. The lowest BCUT2D eigenvalue weighted by Gasteiger charge is -2.39. The molecule has 0 radical (unpaired) electrons. The fraction of sp³-hybridized carbons (Fsp3) is 0.818. The Balaban J connectivity index is 2.13. The number of carbonyl (C=O) groups is 2. The van der Waals surface area contributed by atoms with Crippen molar-refractivity contribution >= 4 is 11.9 Å². The van der Waals surface area contributed by atoms with Crippen molar-refractivity contribution in [1.82, 2.24) is 0 Å². The third-order valence-electron chi connectivity index (χ3n) is 7.40. The molecule has 1 saturated heterocycles. The van der Waals surface area contributed by atoms with Gasteiger partial charge in [-0.1, -0.05) is 89.0 Å². The van der Waals surface area contributed by atoms with Gasteiger partial charge in [-0.3, -0.25) is 9.59 Å². The number of unbranched alkanes of at least 4 members (excludes halogenated alkanes) is 12. The molecule has 1 fully saturated rings. The van der Waals surface area contributed by atoms with E-state index in [1.165, 1.54) is 64.7 Å². The molecule has 4 N–H and O–H groups in total. The fourth-order valence-electron chi connectivity index (χ4n) is 4.77. The molecule has 43 heavy (non-hydrogen) atoms. The van der Waals surface area contributed by atoms with Gasteiger partial charge in [-0.05, 0) is 38.5 Å². The maximum absolute atomic E-state index is 12.4. The predicted molar refractivity (Wildman–Crippen MR) is 164 cm³/mol. The molecule has 0 bridgehead atoms. The first-order valence-corrected chi connectivity index (χ1v) is 16.3. The van der Waals surface area contributed by atoms with Crippen LogP contribution in [-0.4, -0.2) is 89.0 Å². The number of carbonyl (C=O) groups excluding carboxylic acids is 2. The molecule has 1 aliphatic heterocycles. The Morgan fingerprint density at radius 3 is 1.93 bits per heavy atom. The molecule has 6 atom stereocenters. The molecule has 0 amide bonds. The van der Waals surface area contributed by atoms with Crippen LogP contribution in [0, 0.1) is 0 Å². The van der Waals surface area contributed by atoms with Crippen LogP contribution < -0.4 is 0 Å². The SMILES string of the molecule is CCCCC/C=C\C/C=C\CCCCCCCCCCCC(=O)OC(COC(C)=O)COC1OC(CO)C(O)C(O)C1O. The summed E-state index contributed by atoms with van der Waals surface area (Å²) in [4.78, 5) is 23.6. The number of rotatable bonds is 25. The van der Waals surface area contributed by atoms with Crippen molar-refractivity contribution in [3.63, 3.8) is 0 Å². The molecule has 0 saturated carbocycles. The number of allylic oxidation sites excluding steroid dienone is 4. The number of hydrogen-bond acceptors (Lipinski definition) is 10. The minimum atomic E-state index is -1.59. The van der Waals surface area contributed by atoms with Crippen LogP contribution in [0.25, 0.3) is 0 Å². The highest BCUT2D eigenvalue weighted by Crippen LogP contribution is 2.22. The summed E-state index contributed by atoms with van der Waals surface area (Å²) in [6.07, 6.45) is 18.5. The van der Waals surface area contributed by atoms with Crippen LogP contribution in [0.1, 0.15) is 117 Å². The molecule has 0 spiro atoms. The molecule has 10 heteroatoms. The van der Waals surface area contributed by atoms with Crippen molar-refractivity contribution in [1.29, 1.82) is 0 Å². The first-order valence-electron chi connectivity index (χ1n) is 16.3. The highest BCUT2D eigenvalue weighted by molar-refractivity contribution is 5.69. The van der Waals surface area contributed by atoms with E-state index in [2.05, 4.69) is 31.2 Å². The van der Waals surface area contributed by atoms with Crippen LogP contribution in [0.5, 0.6) is 0 Å². The van der Waals surface area contributed by atoms with Gasteiger partial charge in [0.1, 0.15) is 31.0 Å². The Kier molecular flexibility index (Phi) is 23.3. The van der Waals surface area contributed by atoms with Crippen molar-refractivity contribution in [2.75, 3.05) is 19.8 Å². The highest BCUT2D eigenvalue weighted by atomic mass is 16.7. The number of aliphatic hydroxyl groups is 4. The second-order valence-electron chi connectivity index (χ2n) is 11.3. The third-order valence-corrected chi connectivity index (χ3v) is 7.40. The van der Waals surface area contributed by atoms with Gasteiger partial charge in [-0.25, -0.2) is 0 Å². The predicted octanol–water partition coefficient (Wildman–Crippen LogP) is 4.65. The Hall–Kier alpha value is -1.82. The van der Waals surface area contributed by atoms with E-state index in [1.807, 2.05) is 0 Å². The van der Waals surface area contributed by atoms with Crippen LogP contribution >= 0.6 is 0 Å². The fourth-order valence-corrected chi connectivity index (χ4v) is 4.77. The van der Waals surface area contributed by atoms with E-state index >= 15 is 0 Å². The number of hydrogen-bond donors (Lipinski definition) is 4. The number of ether oxygens (including phenoxy) is 4. The number of aliphatic hydroxyl groups excluding tert-OH is 4. The Bertz CT molecular complexity index is 769. The summed E-state index contributed by atoms with van der Waals surface area (Å²) < 4.78 is 21.1. The van der Waals surface area contributed by atoms with Crippen LogP contribution in [0.2, 0.25) is 0 Å². The van der Waals surface area contributed by atoms with Gasteiger partial charge in [0.2, 0.25) is 0 Å². The molecular formula is C33H58O10. The van der Waals surface area contributed by atoms with E-state index in [0.717, 1.165) is 32.1 Å². The molecular weight excluding hydrogens is 556 g/mol. The molecule has 10 nitrogen and oxygen atoms in total. The van der Waals surface area contributed by atoms with Gasteiger partial charge < -0.3 is 39.4 Å². The van der Waals surface area contributed by atoms with E-state index in [4.69, 9.17) is 18.9 Å². The highest BCUT2D eigenvalue weighted by Gasteiger charge is 2.44. The van der Waals surface area contributed by atoms with Crippen LogP contribution in [0.3, 0.4) is 0 Å². The molecule has 250 valence electrons. The summed E-state index contributed by atoms with van der Waals surface area (Å²) >= 11 is 0. The van der Waals surface area contributed by atoms with Gasteiger partial charge in [0.15, 0.2) is 12.4 Å². The molecule has 0 aromatic heterocycles. The van der Waals surface area contributed by atoms with Gasteiger partial charge >= 0.3 is 11.9 Å². The summed E-state index contributed by atoms with van der Waals surface area (Å²) in [5, 5.41) is 39.2. The van der Waals surface area contributed by atoms with Crippen molar-refractivity contribution in [2.45, 2.75) is 153 Å². The van der Waals surface area contributed by atoms with Gasteiger partial charge in [0.05, 0.1) is 13.2 Å². The Morgan fingerprint density at radius 2 is 1.35 bits per heavy atom. The first kappa shape index (κ1) is 39.2. The Labute approximate surface area is 258 Å². The summed E-state index contributed by atoms with van der Waals surface area (Å²) in [7, 11) is 0. The van der Waals surface area contributed by atoms with E-state index in [-0.39, 0.29) is 19.6 Å². The average Bonchev–Trinajstić information content (AvgIpc) is 2.99. The second-order valence-corrected chi connectivity index (χ2v) is 11.3. The standard InChI is InChI=1S/C33H58O10/c1-3-4-5-6-7-8-9-10-11-12-13-14-15-16-17-18-19-20-21-22-29(36)42-27(24-40-26(2)35)25-41-33-32(39)31(38)30(37)28(23-34)43-33/h7-8,10-11,27-28,30-34,37-39H,3-6,9,12-25H2,1-2H3/b8-7-,11-10-. The van der Waals surface area contributed by atoms with Crippen molar-refractivity contribution in [3.05, 3.63) is 24.3 Å². The van der Waals surface area contributed by atoms with Crippen molar-refractivity contribution in [2.24, 2.45) is 0 Å². The molecule has 1 aliphatic rings. The molecule has 6 unspecified atom stereocenters. The van der Waals surface area contributed by atoms with Crippen molar-refractivity contribution in [3.8, 4) is 0 Å². The summed E-state index contributed by atoms with van der Waals surface area (Å²) in [5.41, 5.74) is 0. The molecule has 1 rings (SSSR count). The van der Waals surface area contributed by atoms with Crippen LogP contribution in [0.15, 0.2) is 24.3 Å². The quantitative estimate of drug-likeness (QED) is 0.0649. The molecule has 1 heterocycles. The van der Waals surface area contributed by atoms with Gasteiger partial charge in [0, 0.05) is 13.3 Å². The van der Waals surface area contributed by atoms with Gasteiger partial charge in [-0.2, -0.15) is 0 Å². The zero-order valence-corrected chi connectivity index (χ0v) is 26.4. The van der Waals surface area contributed by atoms with E-state index in [0.29, 0.717) is 6.42 Å². The lowest BCUT2D eigenvalue weighted by Crippen LogP contribution is -2.59. The maximum Gasteiger partial charge on any atom is 0.306 e. The first-order chi connectivity index (χ1) is 20.8. The Morgan fingerprint density at radius 1 is 0.767 bits per heavy atom. The second kappa shape index (κ2) is 25.5. The summed E-state index contributed by atoms with van der Waals surface area (Å²) in [6, 6.07) is 0. The van der Waals surface area contributed by atoms with Crippen molar-refractivity contribution < 1.29 is 49.0 Å². The van der Waals surface area contributed by atoms with E-state index < -0.39 is 55.4 Å². The summed E-state index contributed by atoms with van der Waals surface area (Å²) in [6.45, 7) is 2.34. The minimum absolute atomic E-state index is 0.221. The lowest BCUT2D eigenvalue weighted by atomic mass is 9.99. The molecule has 0 aromatic carbocycles. The number of esters is 2. The smallest absolute Gasteiger partial charge is 0.306 e. The lowest BCUT2D eigenvalue weighted by molar-refractivity contribution is -0.305. The zero-order valence-electron chi connectivity index (χ0n) is 26.4. The molecule has 0 aromatic rings. The largest absolute Gasteiger partial charge is 0.462 e. The third kappa shape index (κ3) is 19.2. The van der Waals surface area contributed by atoms with Gasteiger partial charge in [-0.15, -0.1) is 0 Å². The molecule has 0 aliphatic carbocycles. The topological polar surface area (TPSA) is 152 Å². The monoisotopic (exact) mass is 614 g/mol. The summed E-state index contributed by atoms with van der Waals surface area (Å²) in [5.74, 6) is -1.01. The maximum atomic E-state index is 12.4. The van der Waals surface area contributed by atoms with Gasteiger partial charge in [0.25, 0.3) is 0 Å².